The molecule has 0 aromatic heterocycles. The number of fused-ring (bicyclic) bond motifs is 1. The van der Waals surface area contributed by atoms with Gasteiger partial charge in [0.1, 0.15) is 11.9 Å². The van der Waals surface area contributed by atoms with Crippen LogP contribution in [0.4, 0.5) is 0 Å². The van der Waals surface area contributed by atoms with Crippen molar-refractivity contribution in [1.29, 1.82) is 0 Å². The van der Waals surface area contributed by atoms with Gasteiger partial charge in [-0.05, 0) is 31.0 Å². The largest absolute Gasteiger partial charge is 0.489 e. The van der Waals surface area contributed by atoms with Crippen LogP contribution in [0.2, 0.25) is 0 Å². The van der Waals surface area contributed by atoms with Crippen LogP contribution in [0.5, 0.6) is 5.75 Å². The van der Waals surface area contributed by atoms with Crippen LogP contribution in [-0.4, -0.2) is 45.2 Å². The van der Waals surface area contributed by atoms with Crippen molar-refractivity contribution in [3.63, 3.8) is 0 Å². The van der Waals surface area contributed by atoms with E-state index in [2.05, 4.69) is 10.6 Å². The van der Waals surface area contributed by atoms with E-state index in [-0.39, 0.29) is 23.8 Å². The highest BCUT2D eigenvalue weighted by Gasteiger charge is 2.36. The average molecular weight is 382 g/mol. The molecular weight excluding hydrogens is 356 g/mol. The number of methoxy groups -OCH3 is 1. The third-order valence-electron chi connectivity index (χ3n) is 4.93. The van der Waals surface area contributed by atoms with Crippen LogP contribution in [0.25, 0.3) is 0 Å². The molecule has 148 valence electrons. The molecule has 2 amide bonds. The lowest BCUT2D eigenvalue weighted by atomic mass is 9.87. The Hall–Kier alpha value is -2.86. The topological polar surface area (TPSA) is 76.7 Å². The minimum absolute atomic E-state index is 0.0409. The maximum atomic E-state index is 12.7. The van der Waals surface area contributed by atoms with Crippen molar-refractivity contribution in [2.75, 3.05) is 27.3 Å². The number of benzene rings is 2. The van der Waals surface area contributed by atoms with E-state index in [4.69, 9.17) is 9.47 Å². The van der Waals surface area contributed by atoms with E-state index in [0.29, 0.717) is 30.0 Å². The quantitative estimate of drug-likeness (QED) is 0.722. The van der Waals surface area contributed by atoms with E-state index < -0.39 is 0 Å². The molecule has 6 nitrogen and oxygen atoms in total. The van der Waals surface area contributed by atoms with Crippen LogP contribution < -0.4 is 15.4 Å². The number of amides is 2. The Labute approximate surface area is 165 Å². The highest BCUT2D eigenvalue weighted by atomic mass is 16.5. The lowest BCUT2D eigenvalue weighted by Gasteiger charge is -2.15. The second kappa shape index (κ2) is 8.89. The maximum Gasteiger partial charge on any atom is 0.254 e. The monoisotopic (exact) mass is 382 g/mol. The van der Waals surface area contributed by atoms with Crippen molar-refractivity contribution < 1.29 is 19.1 Å². The van der Waals surface area contributed by atoms with E-state index >= 15 is 0 Å². The molecule has 0 bridgehead atoms. The fourth-order valence-electron chi connectivity index (χ4n) is 3.59. The number of carbonyl (C=O) groups is 2. The highest BCUT2D eigenvalue weighted by Crippen LogP contribution is 2.44. The zero-order chi connectivity index (χ0) is 20.1. The summed E-state index contributed by atoms with van der Waals surface area (Å²) in [4.78, 5) is 25.1. The number of nitrogens with one attached hydrogen (secondary N) is 2. The molecule has 28 heavy (non-hydrogen) atoms. The minimum atomic E-state index is -0.272. The standard InChI is InChI=1S/C22H26N2O4/c1-14-19(15-8-5-4-6-9-15)17-12-16(21(25)24-10-7-11-27-3)13-18(20(17)28-14)22(26)23-2/h4-6,8-9,12-14,19H,7,10-11H2,1-3H3,(H,23,26)(H,24,25)/t14-,19+/m1/s1. The molecule has 3 rings (SSSR count). The van der Waals surface area contributed by atoms with Gasteiger partial charge in [0, 0.05) is 44.4 Å². The smallest absolute Gasteiger partial charge is 0.254 e. The molecule has 0 aliphatic carbocycles. The average Bonchev–Trinajstić information content (AvgIpc) is 3.06. The van der Waals surface area contributed by atoms with Crippen LogP contribution in [0.3, 0.4) is 0 Å². The molecule has 0 spiro atoms. The van der Waals surface area contributed by atoms with Gasteiger partial charge in [0.05, 0.1) is 5.56 Å². The van der Waals surface area contributed by atoms with Crippen molar-refractivity contribution in [1.82, 2.24) is 10.6 Å². The van der Waals surface area contributed by atoms with Crippen LogP contribution in [0, 0.1) is 0 Å². The first-order valence-corrected chi connectivity index (χ1v) is 9.45. The number of hydrogen-bond donors (Lipinski definition) is 2. The Kier molecular flexibility index (Phi) is 6.31. The molecule has 6 heteroatoms. The number of ether oxygens (including phenoxy) is 2. The molecule has 1 aliphatic heterocycles. The predicted octanol–water partition coefficient (Wildman–Crippen LogP) is 2.73. The summed E-state index contributed by atoms with van der Waals surface area (Å²) in [6.07, 6.45) is 0.586. The molecule has 1 aliphatic rings. The highest BCUT2D eigenvalue weighted by molar-refractivity contribution is 6.02. The van der Waals surface area contributed by atoms with Gasteiger partial charge in [0.25, 0.3) is 11.8 Å². The van der Waals surface area contributed by atoms with Crippen molar-refractivity contribution in [3.8, 4) is 5.75 Å². The summed E-state index contributed by atoms with van der Waals surface area (Å²) >= 11 is 0. The summed E-state index contributed by atoms with van der Waals surface area (Å²) in [6.45, 7) is 3.07. The van der Waals surface area contributed by atoms with E-state index in [1.54, 1.807) is 20.2 Å². The van der Waals surface area contributed by atoms with Gasteiger partial charge in [-0.1, -0.05) is 30.3 Å². The van der Waals surface area contributed by atoms with Crippen LogP contribution in [0.1, 0.15) is 51.1 Å². The fourth-order valence-corrected chi connectivity index (χ4v) is 3.59. The summed E-state index contributed by atoms with van der Waals surface area (Å²) in [5.41, 5.74) is 2.79. The van der Waals surface area contributed by atoms with Gasteiger partial charge in [0.15, 0.2) is 0 Å². The van der Waals surface area contributed by atoms with Crippen molar-refractivity contribution in [3.05, 3.63) is 64.7 Å². The molecule has 0 unspecified atom stereocenters. The first-order chi connectivity index (χ1) is 13.6. The summed E-state index contributed by atoms with van der Waals surface area (Å²) in [6, 6.07) is 13.4. The van der Waals surface area contributed by atoms with Gasteiger partial charge < -0.3 is 20.1 Å². The van der Waals surface area contributed by atoms with Crippen LogP contribution >= 0.6 is 0 Å². The molecule has 2 aromatic rings. The normalized spacial score (nSPS) is 17.5. The van der Waals surface area contributed by atoms with Gasteiger partial charge in [-0.15, -0.1) is 0 Å². The van der Waals surface area contributed by atoms with E-state index in [9.17, 15) is 9.59 Å². The second-order valence-electron chi connectivity index (χ2n) is 6.83. The first-order valence-electron chi connectivity index (χ1n) is 9.45. The summed E-state index contributed by atoms with van der Waals surface area (Å²) in [5, 5.41) is 5.52. The fraction of sp³-hybridized carbons (Fsp3) is 0.364. The zero-order valence-electron chi connectivity index (χ0n) is 16.5. The van der Waals surface area contributed by atoms with E-state index in [0.717, 1.165) is 17.5 Å². The Morgan fingerprint density at radius 1 is 1.14 bits per heavy atom. The summed E-state index contributed by atoms with van der Waals surface area (Å²) < 4.78 is 11.1. The lowest BCUT2D eigenvalue weighted by Crippen LogP contribution is -2.26. The van der Waals surface area contributed by atoms with E-state index in [1.165, 1.54) is 0 Å². The Bertz CT molecular complexity index is 851. The summed E-state index contributed by atoms with van der Waals surface area (Å²) in [7, 11) is 3.20. The van der Waals surface area contributed by atoms with Gasteiger partial charge >= 0.3 is 0 Å². The molecular formula is C22H26N2O4. The predicted molar refractivity (Wildman–Crippen MR) is 107 cm³/mol. The van der Waals surface area contributed by atoms with Gasteiger partial charge in [0.2, 0.25) is 0 Å². The Morgan fingerprint density at radius 2 is 1.89 bits per heavy atom. The maximum absolute atomic E-state index is 12.7. The SMILES string of the molecule is CNC(=O)c1cc(C(=O)NCCCOC)cc2c1O[C@H](C)[C@H]2c1ccccc1. The van der Waals surface area contributed by atoms with Gasteiger partial charge in [-0.2, -0.15) is 0 Å². The molecule has 0 fully saturated rings. The third-order valence-corrected chi connectivity index (χ3v) is 4.93. The molecule has 2 aromatic carbocycles. The number of hydrogen-bond acceptors (Lipinski definition) is 4. The molecule has 0 radical (unpaired) electrons. The molecule has 2 N–H and O–H groups in total. The van der Waals surface area contributed by atoms with Crippen LogP contribution in [-0.2, 0) is 4.74 Å². The summed E-state index contributed by atoms with van der Waals surface area (Å²) in [5.74, 6) is 0.0269. The molecule has 1 heterocycles. The molecule has 2 atom stereocenters. The molecule has 0 saturated heterocycles. The van der Waals surface area contributed by atoms with Crippen LogP contribution in [0.15, 0.2) is 42.5 Å². The van der Waals surface area contributed by atoms with Crippen molar-refractivity contribution >= 4 is 11.8 Å². The Balaban J connectivity index is 1.99. The van der Waals surface area contributed by atoms with Crippen molar-refractivity contribution in [2.24, 2.45) is 0 Å². The number of carbonyl (C=O) groups excluding carboxylic acids is 2. The number of rotatable bonds is 7. The van der Waals surface area contributed by atoms with Gasteiger partial charge in [-0.3, -0.25) is 9.59 Å². The minimum Gasteiger partial charge on any atom is -0.489 e. The first kappa shape index (κ1) is 19.9. The van der Waals surface area contributed by atoms with Gasteiger partial charge in [-0.25, -0.2) is 0 Å². The lowest BCUT2D eigenvalue weighted by molar-refractivity contribution is 0.0948. The van der Waals surface area contributed by atoms with Crippen molar-refractivity contribution in [2.45, 2.75) is 25.4 Å². The zero-order valence-corrected chi connectivity index (χ0v) is 16.5. The van der Waals surface area contributed by atoms with E-state index in [1.807, 2.05) is 43.3 Å². The third kappa shape index (κ3) is 4.02. The Morgan fingerprint density at radius 3 is 2.57 bits per heavy atom. The molecule has 0 saturated carbocycles. The second-order valence-corrected chi connectivity index (χ2v) is 6.83.